The molecule has 27 heavy (non-hydrogen) atoms. The molecule has 2 N–H and O–H groups in total. The highest BCUT2D eigenvalue weighted by atomic mass is 35.5. The number of aliphatic hydroxyl groups excluding tert-OH is 1. The van der Waals surface area contributed by atoms with Gasteiger partial charge in [-0.1, -0.05) is 11.6 Å². The molecule has 0 aromatic heterocycles. The fourth-order valence-corrected chi connectivity index (χ4v) is 3.38. The van der Waals surface area contributed by atoms with Crippen LogP contribution in [0.2, 0.25) is 5.02 Å². The second-order valence-corrected chi connectivity index (χ2v) is 7.29. The number of ether oxygens (including phenoxy) is 3. The average molecular weight is 392 g/mol. The van der Waals surface area contributed by atoms with Gasteiger partial charge >= 0.3 is 0 Å². The van der Waals surface area contributed by atoms with Gasteiger partial charge in [0.1, 0.15) is 29.0 Å². The lowest BCUT2D eigenvalue weighted by atomic mass is 9.86. The van der Waals surface area contributed by atoms with Gasteiger partial charge in [-0.2, -0.15) is 0 Å². The summed E-state index contributed by atoms with van der Waals surface area (Å²) in [5.74, 6) is 1.14. The molecule has 1 amide bonds. The molecule has 0 aliphatic carbocycles. The summed E-state index contributed by atoms with van der Waals surface area (Å²) in [4.78, 5) is 12.9. The summed E-state index contributed by atoms with van der Waals surface area (Å²) in [5.41, 5.74) is 0.00674. The van der Waals surface area contributed by atoms with Crippen molar-refractivity contribution in [2.45, 2.75) is 31.6 Å². The Labute approximate surface area is 163 Å². The zero-order valence-electron chi connectivity index (χ0n) is 15.6. The molecule has 0 saturated carbocycles. The molecule has 0 radical (unpaired) electrons. The van der Waals surface area contributed by atoms with Crippen LogP contribution < -0.4 is 19.5 Å². The minimum absolute atomic E-state index is 0.286. The molecule has 7 heteroatoms. The lowest BCUT2D eigenvalue weighted by molar-refractivity contribution is -0.0254. The Morgan fingerprint density at radius 2 is 1.93 bits per heavy atom. The molecule has 1 aliphatic heterocycles. The Kier molecular flexibility index (Phi) is 5.22. The van der Waals surface area contributed by atoms with E-state index in [4.69, 9.17) is 25.8 Å². The number of fused-ring (bicyclic) bond motifs is 1. The number of carbonyl (C=O) groups is 1. The molecule has 6 nitrogen and oxygen atoms in total. The van der Waals surface area contributed by atoms with Crippen LogP contribution in [-0.2, 0) is 0 Å². The van der Waals surface area contributed by atoms with Crippen molar-refractivity contribution in [3.63, 3.8) is 0 Å². The predicted octanol–water partition coefficient (Wildman–Crippen LogP) is 3.36. The Hall–Kier alpha value is -2.44. The van der Waals surface area contributed by atoms with Gasteiger partial charge in [-0.15, -0.1) is 0 Å². The summed E-state index contributed by atoms with van der Waals surface area (Å²) in [6.07, 6.45) is -0.955. The minimum atomic E-state index is -0.955. The van der Waals surface area contributed by atoms with Crippen molar-refractivity contribution in [1.82, 2.24) is 5.32 Å². The first-order valence-corrected chi connectivity index (χ1v) is 8.84. The molecule has 0 spiro atoms. The molecule has 2 aromatic carbocycles. The molecular formula is C20H22ClNO5. The number of aliphatic hydroxyl groups is 1. The molecule has 2 aromatic rings. The summed E-state index contributed by atoms with van der Waals surface area (Å²) in [7, 11) is 3.04. The second kappa shape index (κ2) is 7.29. The maximum atomic E-state index is 12.9. The molecule has 0 saturated heterocycles. The van der Waals surface area contributed by atoms with Crippen LogP contribution in [0.15, 0.2) is 36.4 Å². The third-order valence-electron chi connectivity index (χ3n) is 4.67. The zero-order chi connectivity index (χ0) is 19.8. The number of hydrogen-bond donors (Lipinski definition) is 2. The number of nitrogens with one attached hydrogen (secondary N) is 1. The van der Waals surface area contributed by atoms with Gasteiger partial charge in [0.25, 0.3) is 5.91 Å². The Morgan fingerprint density at radius 1 is 1.19 bits per heavy atom. The smallest absolute Gasteiger partial charge is 0.255 e. The van der Waals surface area contributed by atoms with E-state index in [1.54, 1.807) is 51.3 Å². The molecule has 2 atom stereocenters. The van der Waals surface area contributed by atoms with Crippen LogP contribution in [0.25, 0.3) is 0 Å². The van der Waals surface area contributed by atoms with Gasteiger partial charge in [-0.05, 0) is 44.2 Å². The highest BCUT2D eigenvalue weighted by Gasteiger charge is 2.44. The van der Waals surface area contributed by atoms with Crippen LogP contribution in [0.1, 0.15) is 35.9 Å². The number of benzene rings is 2. The van der Waals surface area contributed by atoms with E-state index in [0.717, 1.165) is 0 Å². The number of carbonyl (C=O) groups excluding carboxylic acids is 1. The fourth-order valence-electron chi connectivity index (χ4n) is 3.21. The van der Waals surface area contributed by atoms with Gasteiger partial charge in [0.15, 0.2) is 0 Å². The summed E-state index contributed by atoms with van der Waals surface area (Å²) < 4.78 is 16.5. The van der Waals surface area contributed by atoms with E-state index in [1.165, 1.54) is 13.2 Å². The minimum Gasteiger partial charge on any atom is -0.497 e. The van der Waals surface area contributed by atoms with Gasteiger partial charge < -0.3 is 24.6 Å². The van der Waals surface area contributed by atoms with Crippen LogP contribution in [0.4, 0.5) is 0 Å². The number of amides is 1. The van der Waals surface area contributed by atoms with Crippen molar-refractivity contribution in [1.29, 1.82) is 0 Å². The summed E-state index contributed by atoms with van der Waals surface area (Å²) in [6, 6.07) is 9.29. The van der Waals surface area contributed by atoms with Crippen LogP contribution in [0.5, 0.6) is 17.2 Å². The lowest BCUT2D eigenvalue weighted by Gasteiger charge is -2.43. The highest BCUT2D eigenvalue weighted by molar-refractivity contribution is 6.31. The SMILES string of the molecule is COc1ccc2c(c1)OC(C)(C)C(NC(=O)c1cc(Cl)ccc1OC)C2O. The van der Waals surface area contributed by atoms with Gasteiger partial charge in [0.2, 0.25) is 0 Å². The summed E-state index contributed by atoms with van der Waals surface area (Å²) in [5, 5.41) is 14.2. The molecule has 0 fully saturated rings. The van der Waals surface area contributed by atoms with Crippen LogP contribution >= 0.6 is 11.6 Å². The number of methoxy groups -OCH3 is 2. The van der Waals surface area contributed by atoms with Gasteiger partial charge in [0.05, 0.1) is 25.8 Å². The van der Waals surface area contributed by atoms with Crippen molar-refractivity contribution in [3.05, 3.63) is 52.5 Å². The first-order valence-electron chi connectivity index (χ1n) is 8.46. The van der Waals surface area contributed by atoms with Crippen LogP contribution in [0, 0.1) is 0 Å². The van der Waals surface area contributed by atoms with E-state index in [1.807, 2.05) is 0 Å². The maximum Gasteiger partial charge on any atom is 0.255 e. The largest absolute Gasteiger partial charge is 0.497 e. The molecule has 144 valence electrons. The molecular weight excluding hydrogens is 370 g/mol. The number of rotatable bonds is 4. The lowest BCUT2D eigenvalue weighted by Crippen LogP contribution is -2.57. The van der Waals surface area contributed by atoms with Gasteiger partial charge in [0, 0.05) is 16.7 Å². The van der Waals surface area contributed by atoms with Gasteiger partial charge in [-0.3, -0.25) is 4.79 Å². The average Bonchev–Trinajstić information content (AvgIpc) is 2.64. The third-order valence-corrected chi connectivity index (χ3v) is 4.90. The standard InChI is InChI=1S/C20H22ClNO5/c1-20(2)18(17(23)13-7-6-12(25-3)10-16(13)27-20)22-19(24)14-9-11(21)5-8-15(14)26-4/h5-10,17-18,23H,1-4H3,(H,22,24). The quantitative estimate of drug-likeness (QED) is 0.835. The van der Waals surface area contributed by atoms with Crippen LogP contribution in [-0.4, -0.2) is 36.9 Å². The maximum absolute atomic E-state index is 12.9. The first kappa shape index (κ1) is 19.3. The fraction of sp³-hybridized carbons (Fsp3) is 0.350. The van der Waals surface area contributed by atoms with Crippen molar-refractivity contribution >= 4 is 17.5 Å². The van der Waals surface area contributed by atoms with E-state index in [0.29, 0.717) is 27.8 Å². The van der Waals surface area contributed by atoms with E-state index < -0.39 is 23.7 Å². The van der Waals surface area contributed by atoms with Gasteiger partial charge in [-0.25, -0.2) is 0 Å². The Morgan fingerprint density at radius 3 is 2.59 bits per heavy atom. The van der Waals surface area contributed by atoms with Crippen molar-refractivity contribution in [2.75, 3.05) is 14.2 Å². The molecule has 1 heterocycles. The number of halogens is 1. The molecule has 3 rings (SSSR count). The summed E-state index contributed by atoms with van der Waals surface area (Å²) in [6.45, 7) is 3.61. The monoisotopic (exact) mass is 391 g/mol. The van der Waals surface area contributed by atoms with E-state index in [-0.39, 0.29) is 5.56 Å². The summed E-state index contributed by atoms with van der Waals surface area (Å²) >= 11 is 6.02. The molecule has 1 aliphatic rings. The van der Waals surface area contributed by atoms with E-state index >= 15 is 0 Å². The highest BCUT2D eigenvalue weighted by Crippen LogP contribution is 2.41. The zero-order valence-corrected chi connectivity index (χ0v) is 16.3. The normalized spacial score (nSPS) is 20.2. The van der Waals surface area contributed by atoms with Crippen molar-refractivity contribution in [3.8, 4) is 17.2 Å². The molecule has 2 unspecified atom stereocenters. The predicted molar refractivity (Wildman–Crippen MR) is 102 cm³/mol. The third kappa shape index (κ3) is 3.68. The molecule has 0 bridgehead atoms. The van der Waals surface area contributed by atoms with Crippen molar-refractivity contribution in [2.24, 2.45) is 0 Å². The number of hydrogen-bond acceptors (Lipinski definition) is 5. The first-order chi connectivity index (χ1) is 12.8. The van der Waals surface area contributed by atoms with Crippen LogP contribution in [0.3, 0.4) is 0 Å². The Bertz CT molecular complexity index is 867. The van der Waals surface area contributed by atoms with E-state index in [9.17, 15) is 9.90 Å². The topological polar surface area (TPSA) is 77.0 Å². The van der Waals surface area contributed by atoms with Crippen molar-refractivity contribution < 1.29 is 24.1 Å². The van der Waals surface area contributed by atoms with E-state index in [2.05, 4.69) is 5.32 Å². The Balaban J connectivity index is 1.92. The second-order valence-electron chi connectivity index (χ2n) is 6.85.